The molecule has 3 atom stereocenters. The zero-order valence-corrected chi connectivity index (χ0v) is 52.6. The summed E-state index contributed by atoms with van der Waals surface area (Å²) >= 11 is 0. The van der Waals surface area contributed by atoms with Crippen molar-refractivity contribution < 1.29 is 92.5 Å². The van der Waals surface area contributed by atoms with Crippen molar-refractivity contribution in [2.75, 3.05) is 81.7 Å². The van der Waals surface area contributed by atoms with Gasteiger partial charge in [0.15, 0.2) is 6.10 Å². The number of aliphatic carboxylic acids is 3. The first kappa shape index (κ1) is 74.2. The molecule has 0 heterocycles. The highest BCUT2D eigenvalue weighted by molar-refractivity contribution is 5.77. The molecular weight excluding hydrogens is 1170 g/mol. The zero-order valence-electron chi connectivity index (χ0n) is 52.6. The molecule has 0 radical (unpaired) electrons. The standard InChI is InChI=1S/C23H29NO7.2C23H29NO6/c1-24(2,29)15-20(31-23(28)14-13-22(26)27)16-30-21-6-4-3-5-18(21)10-7-17-8-11-19(25)12-9-17;2*1-24(2)15-20(30-23(28)14-13-22(26)27)16-29-21-6-4-3-5-18(21)10-7-17-8-11-19(25)12-9-17/h3-6,8-9,11-12,20,25H,7,10,13-16H2,1-2H3,(H,26,27);2*3-6,8-9,11-12,20,25H,7,10,13-16H2,1-2H3,(H,26,27). The van der Waals surface area contributed by atoms with E-state index in [1.54, 1.807) is 36.4 Å². The number of benzene rings is 6. The number of hydrogen-bond acceptors (Lipinski definition) is 18. The number of phenols is 3. The van der Waals surface area contributed by atoms with E-state index >= 15 is 0 Å². The number of likely N-dealkylation sites (N-methyl/N-ethyl adjacent to an activating group) is 3. The van der Waals surface area contributed by atoms with Crippen molar-refractivity contribution in [1.29, 1.82) is 0 Å². The van der Waals surface area contributed by atoms with Gasteiger partial charge in [-0.05, 0) is 155 Å². The Kier molecular flexibility index (Phi) is 32.4. The molecule has 91 heavy (non-hydrogen) atoms. The lowest BCUT2D eigenvalue weighted by Crippen LogP contribution is -2.44. The molecule has 0 amide bonds. The van der Waals surface area contributed by atoms with Gasteiger partial charge in [0.2, 0.25) is 0 Å². The Morgan fingerprint density at radius 1 is 0.396 bits per heavy atom. The van der Waals surface area contributed by atoms with E-state index < -0.39 is 58.8 Å². The second-order valence-electron chi connectivity index (χ2n) is 22.6. The molecule has 0 aliphatic carbocycles. The van der Waals surface area contributed by atoms with Crippen molar-refractivity contribution in [3.8, 4) is 34.5 Å². The number of esters is 3. The molecule has 0 fully saturated rings. The van der Waals surface area contributed by atoms with E-state index in [2.05, 4.69) is 0 Å². The van der Waals surface area contributed by atoms with E-state index in [4.69, 9.17) is 43.7 Å². The first-order valence-corrected chi connectivity index (χ1v) is 29.8. The number of hydroxylamine groups is 3. The first-order valence-electron chi connectivity index (χ1n) is 29.8. The fourth-order valence-electron chi connectivity index (χ4n) is 8.96. The molecule has 3 unspecified atom stereocenters. The molecule has 0 aromatic heterocycles. The van der Waals surface area contributed by atoms with E-state index in [0.29, 0.717) is 25.3 Å². The lowest BCUT2D eigenvalue weighted by molar-refractivity contribution is -0.843. The molecule has 492 valence electrons. The number of carboxylic acids is 3. The van der Waals surface area contributed by atoms with Gasteiger partial charge in [-0.15, -0.1) is 0 Å². The summed E-state index contributed by atoms with van der Waals surface area (Å²) in [6.45, 7) is 1.25. The van der Waals surface area contributed by atoms with Crippen LogP contribution in [0.4, 0.5) is 0 Å². The Bertz CT molecular complexity index is 3030. The van der Waals surface area contributed by atoms with Gasteiger partial charge >= 0.3 is 35.8 Å². The summed E-state index contributed by atoms with van der Waals surface area (Å²) in [5.74, 6) is -2.15. The molecule has 0 aliphatic heterocycles. The molecule has 0 aliphatic rings. The number of carboxylic acid groups (broad SMARTS) is 3. The van der Waals surface area contributed by atoms with Crippen LogP contribution in [0.2, 0.25) is 0 Å². The van der Waals surface area contributed by atoms with Crippen LogP contribution in [-0.4, -0.2) is 181 Å². The molecule has 6 N–H and O–H groups in total. The summed E-state index contributed by atoms with van der Waals surface area (Å²) < 4.78 is 33.3. The number of phenolic OH excluding ortho intramolecular Hbond substituents is 3. The number of nitrogens with zero attached hydrogens (tertiary/aromatic N) is 3. The Labute approximate surface area is 531 Å². The van der Waals surface area contributed by atoms with Crippen molar-refractivity contribution in [2.24, 2.45) is 0 Å². The minimum absolute atomic E-state index is 0.0149. The third-order valence-corrected chi connectivity index (χ3v) is 13.4. The van der Waals surface area contributed by atoms with Crippen LogP contribution < -0.4 is 14.2 Å². The minimum atomic E-state index is -1.09. The number of aryl methyl sites for hydroxylation is 6. The SMILES string of the molecule is CN(C)CC(COc1ccccc1CCc1ccc(O)cc1)OC(=O)CCC(=O)O.CN(C)CC(COc1ccccc1CCc1ccc(O)cc1)OC(=O)CCC(=O)O.C[N+](C)([O-])CC(COc1ccccc1CCc1ccc(O)cc1)OC(=O)CCC(=O)O. The molecule has 6 aromatic rings. The largest absolute Gasteiger partial charge is 0.633 e. The lowest BCUT2D eigenvalue weighted by Gasteiger charge is -2.36. The molecule has 6 rings (SSSR count). The van der Waals surface area contributed by atoms with Crippen molar-refractivity contribution in [3.05, 3.63) is 184 Å². The maximum atomic E-state index is 12.1. The number of quaternary nitrogens is 1. The maximum Gasteiger partial charge on any atom is 0.306 e. The van der Waals surface area contributed by atoms with E-state index in [0.717, 1.165) is 77.0 Å². The first-order chi connectivity index (χ1) is 43.3. The Hall–Kier alpha value is -9.22. The fraction of sp³-hybridized carbons (Fsp3) is 0.391. The summed E-state index contributed by atoms with van der Waals surface area (Å²) in [5.41, 5.74) is 6.32. The average Bonchev–Trinajstić information content (AvgIpc) is 2.41. The van der Waals surface area contributed by atoms with Crippen molar-refractivity contribution in [2.45, 2.75) is 95.4 Å². The molecule has 0 saturated carbocycles. The van der Waals surface area contributed by atoms with Crippen LogP contribution >= 0.6 is 0 Å². The molecule has 0 bridgehead atoms. The van der Waals surface area contributed by atoms with Gasteiger partial charge < -0.3 is 78.7 Å². The summed E-state index contributed by atoms with van der Waals surface area (Å²) in [5, 5.41) is 66.5. The molecule has 22 nitrogen and oxygen atoms in total. The smallest absolute Gasteiger partial charge is 0.306 e. The quantitative estimate of drug-likeness (QED) is 0.00927. The van der Waals surface area contributed by atoms with Gasteiger partial charge in [0, 0.05) is 13.1 Å². The molecule has 0 spiro atoms. The van der Waals surface area contributed by atoms with Gasteiger partial charge in [-0.3, -0.25) is 28.8 Å². The fourth-order valence-corrected chi connectivity index (χ4v) is 8.96. The van der Waals surface area contributed by atoms with E-state index in [1.165, 1.54) is 14.1 Å². The summed E-state index contributed by atoms with van der Waals surface area (Å²) in [4.78, 5) is 71.5. The molecule has 6 aromatic carbocycles. The second kappa shape index (κ2) is 39.7. The minimum Gasteiger partial charge on any atom is -0.633 e. The highest BCUT2D eigenvalue weighted by Crippen LogP contribution is 2.25. The highest BCUT2D eigenvalue weighted by Gasteiger charge is 2.24. The van der Waals surface area contributed by atoms with E-state index in [1.807, 2.05) is 147 Å². The number of carbonyl (C=O) groups excluding carboxylic acids is 3. The van der Waals surface area contributed by atoms with Gasteiger partial charge in [0.25, 0.3) is 0 Å². The van der Waals surface area contributed by atoms with E-state index in [-0.39, 0.29) is 82.1 Å². The van der Waals surface area contributed by atoms with Crippen LogP contribution in [0.5, 0.6) is 34.5 Å². The number of rotatable bonds is 36. The van der Waals surface area contributed by atoms with Crippen LogP contribution in [0.25, 0.3) is 0 Å². The zero-order chi connectivity index (χ0) is 66.7. The molecule has 22 heteroatoms. The summed E-state index contributed by atoms with van der Waals surface area (Å²) in [6.07, 6.45) is 1.31. The van der Waals surface area contributed by atoms with E-state index in [9.17, 15) is 49.3 Å². The van der Waals surface area contributed by atoms with Gasteiger partial charge in [0.1, 0.15) is 73.1 Å². The number of hydrogen-bond donors (Lipinski definition) is 6. The van der Waals surface area contributed by atoms with Crippen LogP contribution in [0.1, 0.15) is 71.9 Å². The average molecular weight is 1260 g/mol. The van der Waals surface area contributed by atoms with Gasteiger partial charge in [-0.1, -0.05) is 91.0 Å². The Morgan fingerprint density at radius 2 is 0.659 bits per heavy atom. The van der Waals surface area contributed by atoms with Gasteiger partial charge in [0.05, 0.1) is 52.6 Å². The van der Waals surface area contributed by atoms with Crippen molar-refractivity contribution >= 4 is 35.8 Å². The van der Waals surface area contributed by atoms with Gasteiger partial charge in [-0.25, -0.2) is 0 Å². The lowest BCUT2D eigenvalue weighted by atomic mass is 10.0. The highest BCUT2D eigenvalue weighted by atomic mass is 16.6. The van der Waals surface area contributed by atoms with Crippen LogP contribution in [0.15, 0.2) is 146 Å². The predicted molar refractivity (Wildman–Crippen MR) is 340 cm³/mol. The van der Waals surface area contributed by atoms with Gasteiger partial charge in [-0.2, -0.15) is 0 Å². The Balaban J connectivity index is 0.000000291. The Morgan fingerprint density at radius 3 is 0.923 bits per heavy atom. The van der Waals surface area contributed by atoms with Crippen LogP contribution in [0.3, 0.4) is 0 Å². The van der Waals surface area contributed by atoms with Crippen molar-refractivity contribution in [3.63, 3.8) is 0 Å². The van der Waals surface area contributed by atoms with Crippen LogP contribution in [0, 0.1) is 5.21 Å². The monoisotopic (exact) mass is 1260 g/mol. The van der Waals surface area contributed by atoms with Crippen molar-refractivity contribution in [1.82, 2.24) is 9.80 Å². The number of carbonyl (C=O) groups is 6. The molecular formula is C69H87N3O19. The third-order valence-electron chi connectivity index (χ3n) is 13.4. The summed E-state index contributed by atoms with van der Waals surface area (Å²) in [6, 6.07) is 44.2. The molecule has 0 saturated heterocycles. The normalized spacial score (nSPS) is 12.0. The predicted octanol–water partition coefficient (Wildman–Crippen LogP) is 8.70. The summed E-state index contributed by atoms with van der Waals surface area (Å²) in [7, 11) is 10.3. The number of aromatic hydroxyl groups is 3. The third kappa shape index (κ3) is 32.7. The number of ether oxygens (including phenoxy) is 6. The number of para-hydroxylation sites is 3. The second-order valence-corrected chi connectivity index (χ2v) is 22.6. The maximum absolute atomic E-state index is 12.1. The topological polar surface area (TPSA) is 309 Å². The van der Waals surface area contributed by atoms with Crippen LogP contribution in [-0.2, 0) is 81.5 Å².